The van der Waals surface area contributed by atoms with E-state index in [0.29, 0.717) is 10.2 Å². The molecule has 1 heterocycles. The predicted molar refractivity (Wildman–Crippen MR) is 81.0 cm³/mol. The van der Waals surface area contributed by atoms with Gasteiger partial charge >= 0.3 is 5.97 Å². The summed E-state index contributed by atoms with van der Waals surface area (Å²) >= 11 is 6.37. The van der Waals surface area contributed by atoms with Crippen LogP contribution in [0.2, 0.25) is 0 Å². The molecule has 2 N–H and O–H groups in total. The molecule has 0 spiro atoms. The molecule has 1 aromatic heterocycles. The summed E-state index contributed by atoms with van der Waals surface area (Å²) in [4.78, 5) is 26.9. The Labute approximate surface area is 131 Å². The molecule has 0 unspecified atom stereocenters. The summed E-state index contributed by atoms with van der Waals surface area (Å²) in [5.41, 5.74) is 0.708. The van der Waals surface area contributed by atoms with Gasteiger partial charge in [-0.1, -0.05) is 0 Å². The number of pyridine rings is 1. The van der Waals surface area contributed by atoms with Crippen LogP contribution < -0.4 is 5.32 Å². The number of aromatic nitrogens is 1. The van der Waals surface area contributed by atoms with Crippen molar-refractivity contribution in [1.29, 1.82) is 0 Å². The molecule has 20 heavy (non-hydrogen) atoms. The van der Waals surface area contributed by atoms with Gasteiger partial charge in [0.15, 0.2) is 0 Å². The van der Waals surface area contributed by atoms with Gasteiger partial charge in [-0.25, -0.2) is 9.78 Å². The minimum Gasteiger partial charge on any atom is -0.478 e. The first kappa shape index (κ1) is 14.7. The van der Waals surface area contributed by atoms with Gasteiger partial charge in [0.2, 0.25) is 0 Å². The first-order valence-electron chi connectivity index (χ1n) is 5.43. The van der Waals surface area contributed by atoms with E-state index in [-0.39, 0.29) is 11.3 Å². The second-order valence-corrected chi connectivity index (χ2v) is 5.59. The Balaban J connectivity index is 2.21. The van der Waals surface area contributed by atoms with E-state index in [9.17, 15) is 9.59 Å². The van der Waals surface area contributed by atoms with Crippen LogP contribution in [0.25, 0.3) is 0 Å². The second kappa shape index (κ2) is 6.15. The summed E-state index contributed by atoms with van der Waals surface area (Å²) in [7, 11) is 0. The lowest BCUT2D eigenvalue weighted by atomic mass is 10.2. The van der Waals surface area contributed by atoms with Crippen molar-refractivity contribution < 1.29 is 14.7 Å². The number of rotatable bonds is 3. The molecule has 0 radical (unpaired) electrons. The van der Waals surface area contributed by atoms with E-state index >= 15 is 0 Å². The van der Waals surface area contributed by atoms with E-state index in [2.05, 4.69) is 42.2 Å². The van der Waals surface area contributed by atoms with E-state index in [0.717, 1.165) is 4.47 Å². The standard InChI is InChI=1S/C13H8Br2N2O3/c14-7-1-4-11(16-6-7)12(18)17-8-2-3-10(15)9(5-8)13(19)20/h1-6H,(H,17,18)(H,19,20). The maximum Gasteiger partial charge on any atom is 0.336 e. The maximum absolute atomic E-state index is 11.9. The molecule has 0 aliphatic carbocycles. The molecular weight excluding hydrogens is 392 g/mol. The molecule has 0 bridgehead atoms. The van der Waals surface area contributed by atoms with Crippen LogP contribution in [0.4, 0.5) is 5.69 Å². The van der Waals surface area contributed by atoms with Crippen molar-refractivity contribution in [3.8, 4) is 0 Å². The quantitative estimate of drug-likeness (QED) is 0.826. The van der Waals surface area contributed by atoms with Crippen molar-refractivity contribution in [2.45, 2.75) is 0 Å². The molecule has 1 aromatic carbocycles. The predicted octanol–water partition coefficient (Wildman–Crippen LogP) is 3.56. The van der Waals surface area contributed by atoms with Crippen molar-refractivity contribution in [1.82, 2.24) is 4.98 Å². The fourth-order valence-electron chi connectivity index (χ4n) is 1.47. The van der Waals surface area contributed by atoms with Crippen LogP contribution in [0.5, 0.6) is 0 Å². The third-order valence-electron chi connectivity index (χ3n) is 2.41. The van der Waals surface area contributed by atoms with Gasteiger partial charge < -0.3 is 10.4 Å². The number of benzene rings is 1. The topological polar surface area (TPSA) is 79.3 Å². The Hall–Kier alpha value is -1.73. The van der Waals surface area contributed by atoms with Gasteiger partial charge in [-0.3, -0.25) is 4.79 Å². The smallest absolute Gasteiger partial charge is 0.336 e. The SMILES string of the molecule is O=C(Nc1ccc(Br)c(C(=O)O)c1)c1ccc(Br)cn1. The van der Waals surface area contributed by atoms with E-state index in [1.54, 1.807) is 24.3 Å². The van der Waals surface area contributed by atoms with Crippen LogP contribution in [0, 0.1) is 0 Å². The van der Waals surface area contributed by atoms with E-state index in [1.165, 1.54) is 12.3 Å². The zero-order valence-electron chi connectivity index (χ0n) is 9.93. The number of carbonyl (C=O) groups excluding carboxylic acids is 1. The number of hydrogen-bond acceptors (Lipinski definition) is 3. The van der Waals surface area contributed by atoms with Gasteiger partial charge in [0, 0.05) is 20.8 Å². The first-order chi connectivity index (χ1) is 9.47. The summed E-state index contributed by atoms with van der Waals surface area (Å²) in [6, 6.07) is 7.81. The molecule has 0 fully saturated rings. The third kappa shape index (κ3) is 3.43. The number of aromatic carboxylic acids is 1. The summed E-state index contributed by atoms with van der Waals surface area (Å²) < 4.78 is 1.22. The normalized spacial score (nSPS) is 10.1. The molecule has 102 valence electrons. The molecule has 2 aromatic rings. The minimum absolute atomic E-state index is 0.0755. The molecular formula is C13H8Br2N2O3. The fraction of sp³-hybridized carbons (Fsp3) is 0. The van der Waals surface area contributed by atoms with Crippen molar-refractivity contribution >= 4 is 49.4 Å². The highest BCUT2D eigenvalue weighted by Crippen LogP contribution is 2.21. The van der Waals surface area contributed by atoms with Crippen LogP contribution in [-0.4, -0.2) is 22.0 Å². The Bertz CT molecular complexity index is 672. The number of amides is 1. The lowest BCUT2D eigenvalue weighted by Crippen LogP contribution is -2.14. The van der Waals surface area contributed by atoms with Crippen LogP contribution in [0.3, 0.4) is 0 Å². The van der Waals surface area contributed by atoms with Crippen LogP contribution in [0.15, 0.2) is 45.5 Å². The molecule has 0 aliphatic heterocycles. The van der Waals surface area contributed by atoms with Gasteiger partial charge in [0.1, 0.15) is 5.69 Å². The molecule has 0 atom stereocenters. The number of hydrogen-bond donors (Lipinski definition) is 2. The van der Waals surface area contributed by atoms with E-state index in [4.69, 9.17) is 5.11 Å². The van der Waals surface area contributed by atoms with Gasteiger partial charge in [-0.05, 0) is 62.2 Å². The lowest BCUT2D eigenvalue weighted by molar-refractivity contribution is 0.0695. The summed E-state index contributed by atoms with van der Waals surface area (Å²) in [5.74, 6) is -1.48. The zero-order valence-corrected chi connectivity index (χ0v) is 13.1. The van der Waals surface area contributed by atoms with Crippen molar-refractivity contribution in [3.63, 3.8) is 0 Å². The van der Waals surface area contributed by atoms with Gasteiger partial charge in [0.05, 0.1) is 5.56 Å². The van der Waals surface area contributed by atoms with Crippen LogP contribution in [0.1, 0.15) is 20.8 Å². The van der Waals surface area contributed by atoms with E-state index in [1.807, 2.05) is 0 Å². The first-order valence-corrected chi connectivity index (χ1v) is 7.02. The summed E-state index contributed by atoms with van der Waals surface area (Å²) in [6.07, 6.45) is 1.51. The van der Waals surface area contributed by atoms with E-state index < -0.39 is 11.9 Å². The highest BCUT2D eigenvalue weighted by atomic mass is 79.9. The third-order valence-corrected chi connectivity index (χ3v) is 3.58. The monoisotopic (exact) mass is 398 g/mol. The number of carbonyl (C=O) groups is 2. The fourth-order valence-corrected chi connectivity index (χ4v) is 2.12. The second-order valence-electron chi connectivity index (χ2n) is 3.82. The van der Waals surface area contributed by atoms with Crippen molar-refractivity contribution in [2.75, 3.05) is 5.32 Å². The molecule has 7 heteroatoms. The maximum atomic E-state index is 11.9. The molecule has 1 amide bonds. The molecule has 2 rings (SSSR count). The zero-order chi connectivity index (χ0) is 14.7. The molecule has 0 saturated heterocycles. The minimum atomic E-state index is -1.07. The molecule has 5 nitrogen and oxygen atoms in total. The number of anilines is 1. The highest BCUT2D eigenvalue weighted by molar-refractivity contribution is 9.10. The summed E-state index contributed by atoms with van der Waals surface area (Å²) in [6.45, 7) is 0. The molecule has 0 aliphatic rings. The highest BCUT2D eigenvalue weighted by Gasteiger charge is 2.12. The van der Waals surface area contributed by atoms with Gasteiger partial charge in [0.25, 0.3) is 5.91 Å². The van der Waals surface area contributed by atoms with Crippen molar-refractivity contribution in [2.24, 2.45) is 0 Å². The Morgan fingerprint density at radius 3 is 2.50 bits per heavy atom. The number of nitrogens with one attached hydrogen (secondary N) is 1. The van der Waals surface area contributed by atoms with Crippen molar-refractivity contribution in [3.05, 3.63) is 56.7 Å². The van der Waals surface area contributed by atoms with Crippen LogP contribution >= 0.6 is 31.9 Å². The summed E-state index contributed by atoms with van der Waals surface area (Å²) in [5, 5.41) is 11.6. The number of halogens is 2. The average Bonchev–Trinajstić information content (AvgIpc) is 2.41. The Morgan fingerprint density at radius 1 is 1.15 bits per heavy atom. The number of nitrogens with zero attached hydrogens (tertiary/aromatic N) is 1. The Kier molecular flexibility index (Phi) is 4.51. The number of carboxylic acid groups (broad SMARTS) is 1. The largest absolute Gasteiger partial charge is 0.478 e. The van der Waals surface area contributed by atoms with Gasteiger partial charge in [-0.15, -0.1) is 0 Å². The lowest BCUT2D eigenvalue weighted by Gasteiger charge is -2.07. The average molecular weight is 400 g/mol. The van der Waals surface area contributed by atoms with Crippen LogP contribution in [-0.2, 0) is 0 Å². The Morgan fingerprint density at radius 2 is 1.90 bits per heavy atom. The number of carboxylic acids is 1. The van der Waals surface area contributed by atoms with Gasteiger partial charge in [-0.2, -0.15) is 0 Å². The molecule has 0 saturated carbocycles.